The molecule has 0 saturated heterocycles. The fourth-order valence-corrected chi connectivity index (χ4v) is 0.747. The Morgan fingerprint density at radius 2 is 2.33 bits per heavy atom. The summed E-state index contributed by atoms with van der Waals surface area (Å²) in [7, 11) is 0. The van der Waals surface area contributed by atoms with Gasteiger partial charge in [-0.05, 0) is 13.5 Å². The van der Waals surface area contributed by atoms with Crippen LogP contribution in [-0.2, 0) is 4.79 Å². The molecule has 0 rings (SSSR count). The third kappa shape index (κ3) is 4.10. The van der Waals surface area contributed by atoms with E-state index in [9.17, 15) is 4.79 Å². The largest absolute Gasteiger partial charge is 0.336 e. The van der Waals surface area contributed by atoms with E-state index in [2.05, 4.69) is 17.2 Å². The van der Waals surface area contributed by atoms with Crippen LogP contribution in [0.2, 0.25) is 0 Å². The number of amides is 1. The van der Waals surface area contributed by atoms with E-state index >= 15 is 0 Å². The van der Waals surface area contributed by atoms with Crippen LogP contribution in [0.5, 0.6) is 0 Å². The van der Waals surface area contributed by atoms with Crippen LogP contribution in [0.15, 0.2) is 12.7 Å². The van der Waals surface area contributed by atoms with Crippen molar-refractivity contribution in [2.75, 3.05) is 6.54 Å². The van der Waals surface area contributed by atoms with Crippen molar-refractivity contribution in [1.82, 2.24) is 10.6 Å². The molecule has 4 nitrogen and oxygen atoms in total. The molecule has 0 aromatic rings. The molecule has 4 heteroatoms. The number of carbonyl (C=O) groups excluding carboxylic acids is 1. The highest BCUT2D eigenvalue weighted by Crippen LogP contribution is 1.82. The Bertz CT molecular complexity index is 158. The van der Waals surface area contributed by atoms with Gasteiger partial charge in [-0.3, -0.25) is 4.79 Å². The molecule has 1 unspecified atom stereocenters. The Hall–Kier alpha value is -0.870. The van der Waals surface area contributed by atoms with Gasteiger partial charge in [0.25, 0.3) is 0 Å². The molecule has 0 radical (unpaired) electrons. The summed E-state index contributed by atoms with van der Waals surface area (Å²) in [5, 5.41) is 5.55. The first-order valence-corrected chi connectivity index (χ1v) is 4.03. The minimum Gasteiger partial charge on any atom is -0.336 e. The SMILES string of the molecule is C=CC(N)NC(=O)[C@H](C)NCC. The fraction of sp³-hybridized carbons (Fsp3) is 0.625. The minimum absolute atomic E-state index is 0.107. The molecule has 2 atom stereocenters. The van der Waals surface area contributed by atoms with Crippen LogP contribution < -0.4 is 16.4 Å². The molecule has 0 aliphatic carbocycles. The van der Waals surface area contributed by atoms with Crippen LogP contribution in [0.3, 0.4) is 0 Å². The third-order valence-corrected chi connectivity index (χ3v) is 1.47. The van der Waals surface area contributed by atoms with E-state index in [1.165, 1.54) is 6.08 Å². The lowest BCUT2D eigenvalue weighted by atomic mass is 10.3. The maximum atomic E-state index is 11.2. The first kappa shape index (κ1) is 11.1. The Kier molecular flexibility index (Phi) is 5.32. The van der Waals surface area contributed by atoms with Crippen LogP contribution in [0, 0.1) is 0 Å². The number of nitrogens with two attached hydrogens (primary N) is 1. The molecule has 70 valence electrons. The molecule has 0 spiro atoms. The first-order chi connectivity index (χ1) is 5.61. The van der Waals surface area contributed by atoms with Crippen LogP contribution in [0.1, 0.15) is 13.8 Å². The molecular weight excluding hydrogens is 154 g/mol. The van der Waals surface area contributed by atoms with Crippen molar-refractivity contribution in [3.8, 4) is 0 Å². The zero-order valence-electron chi connectivity index (χ0n) is 7.63. The van der Waals surface area contributed by atoms with Crippen molar-refractivity contribution < 1.29 is 4.79 Å². The Morgan fingerprint density at radius 1 is 1.75 bits per heavy atom. The number of carbonyl (C=O) groups is 1. The summed E-state index contributed by atoms with van der Waals surface area (Å²) < 4.78 is 0. The zero-order chi connectivity index (χ0) is 9.56. The molecule has 0 bridgehead atoms. The van der Waals surface area contributed by atoms with Gasteiger partial charge in [-0.15, -0.1) is 0 Å². The highest BCUT2D eigenvalue weighted by molar-refractivity contribution is 5.81. The van der Waals surface area contributed by atoms with E-state index in [0.717, 1.165) is 6.54 Å². The topological polar surface area (TPSA) is 67.1 Å². The van der Waals surface area contributed by atoms with Gasteiger partial charge in [-0.25, -0.2) is 0 Å². The van der Waals surface area contributed by atoms with Gasteiger partial charge in [0.1, 0.15) is 0 Å². The summed E-state index contributed by atoms with van der Waals surface area (Å²) in [6.07, 6.45) is 1.02. The highest BCUT2D eigenvalue weighted by Gasteiger charge is 2.11. The molecule has 0 aliphatic rings. The van der Waals surface area contributed by atoms with Gasteiger partial charge in [0, 0.05) is 0 Å². The van der Waals surface area contributed by atoms with Crippen molar-refractivity contribution in [3.63, 3.8) is 0 Å². The summed E-state index contributed by atoms with van der Waals surface area (Å²) >= 11 is 0. The van der Waals surface area contributed by atoms with Crippen LogP contribution in [0.4, 0.5) is 0 Å². The maximum Gasteiger partial charge on any atom is 0.238 e. The lowest BCUT2D eigenvalue weighted by Gasteiger charge is -2.14. The Morgan fingerprint density at radius 3 is 2.75 bits per heavy atom. The second kappa shape index (κ2) is 5.74. The molecule has 0 fully saturated rings. The first-order valence-electron chi connectivity index (χ1n) is 4.03. The van der Waals surface area contributed by atoms with Gasteiger partial charge < -0.3 is 16.4 Å². The summed E-state index contributed by atoms with van der Waals surface area (Å²) in [6, 6.07) is -0.207. The monoisotopic (exact) mass is 171 g/mol. The number of hydrogen-bond acceptors (Lipinski definition) is 3. The molecule has 0 aliphatic heterocycles. The average molecular weight is 171 g/mol. The van der Waals surface area contributed by atoms with E-state index in [0.29, 0.717) is 0 Å². The predicted octanol–water partition coefficient (Wildman–Crippen LogP) is -0.429. The van der Waals surface area contributed by atoms with Gasteiger partial charge in [-0.2, -0.15) is 0 Å². The predicted molar refractivity (Wildman–Crippen MR) is 49.5 cm³/mol. The second-order valence-electron chi connectivity index (χ2n) is 2.55. The molecular formula is C8H17N3O. The summed E-state index contributed by atoms with van der Waals surface area (Å²) in [6.45, 7) is 7.95. The van der Waals surface area contributed by atoms with Crippen LogP contribution in [-0.4, -0.2) is 24.7 Å². The lowest BCUT2D eigenvalue weighted by molar-refractivity contribution is -0.123. The minimum atomic E-state index is -0.460. The average Bonchev–Trinajstić information content (AvgIpc) is 2.04. The van der Waals surface area contributed by atoms with Crippen molar-refractivity contribution >= 4 is 5.91 Å². The number of likely N-dealkylation sites (N-methyl/N-ethyl adjacent to an activating group) is 1. The van der Waals surface area contributed by atoms with E-state index in [1.54, 1.807) is 6.92 Å². The Balaban J connectivity index is 3.78. The van der Waals surface area contributed by atoms with Crippen molar-refractivity contribution in [2.45, 2.75) is 26.1 Å². The van der Waals surface area contributed by atoms with Gasteiger partial charge in [0.2, 0.25) is 5.91 Å². The van der Waals surface area contributed by atoms with Gasteiger partial charge >= 0.3 is 0 Å². The van der Waals surface area contributed by atoms with Crippen molar-refractivity contribution in [2.24, 2.45) is 5.73 Å². The van der Waals surface area contributed by atoms with E-state index in [-0.39, 0.29) is 11.9 Å². The zero-order valence-corrected chi connectivity index (χ0v) is 7.63. The van der Waals surface area contributed by atoms with Gasteiger partial charge in [0.15, 0.2) is 0 Å². The maximum absolute atomic E-state index is 11.2. The number of hydrogen-bond donors (Lipinski definition) is 3. The van der Waals surface area contributed by atoms with Crippen LogP contribution in [0.25, 0.3) is 0 Å². The smallest absolute Gasteiger partial charge is 0.238 e. The third-order valence-electron chi connectivity index (χ3n) is 1.47. The number of nitrogens with one attached hydrogen (secondary N) is 2. The molecule has 0 heterocycles. The molecule has 4 N–H and O–H groups in total. The van der Waals surface area contributed by atoms with Crippen molar-refractivity contribution in [1.29, 1.82) is 0 Å². The molecule has 0 saturated carbocycles. The van der Waals surface area contributed by atoms with Gasteiger partial charge in [-0.1, -0.05) is 19.6 Å². The summed E-state index contributed by atoms with van der Waals surface area (Å²) in [4.78, 5) is 11.2. The fourth-order valence-electron chi connectivity index (χ4n) is 0.747. The normalized spacial score (nSPS) is 14.9. The second-order valence-corrected chi connectivity index (χ2v) is 2.55. The highest BCUT2D eigenvalue weighted by atomic mass is 16.2. The van der Waals surface area contributed by atoms with E-state index in [1.807, 2.05) is 6.92 Å². The Labute approximate surface area is 73.2 Å². The summed E-state index contributed by atoms with van der Waals surface area (Å²) in [5.74, 6) is -0.107. The van der Waals surface area contributed by atoms with E-state index in [4.69, 9.17) is 5.73 Å². The van der Waals surface area contributed by atoms with Crippen LogP contribution >= 0.6 is 0 Å². The van der Waals surface area contributed by atoms with Gasteiger partial charge in [0.05, 0.1) is 12.2 Å². The standard InChI is InChI=1S/C8H17N3O/c1-4-7(9)11-8(12)6(3)10-5-2/h4,6-7,10H,1,5,9H2,2-3H3,(H,11,12)/t6-,7?/m0/s1. The molecule has 12 heavy (non-hydrogen) atoms. The molecule has 0 aromatic carbocycles. The summed E-state index contributed by atoms with van der Waals surface area (Å²) in [5.41, 5.74) is 5.43. The lowest BCUT2D eigenvalue weighted by Crippen LogP contribution is -2.48. The number of rotatable bonds is 5. The molecule has 0 aromatic heterocycles. The quantitative estimate of drug-likeness (QED) is 0.388. The molecule has 1 amide bonds. The van der Waals surface area contributed by atoms with Crippen molar-refractivity contribution in [3.05, 3.63) is 12.7 Å². The van der Waals surface area contributed by atoms with E-state index < -0.39 is 6.17 Å².